The van der Waals surface area contributed by atoms with Crippen molar-refractivity contribution in [2.45, 2.75) is 95.0 Å². The van der Waals surface area contributed by atoms with Crippen LogP contribution in [0.25, 0.3) is 44.2 Å². The Labute approximate surface area is 362 Å². The van der Waals surface area contributed by atoms with Gasteiger partial charge in [0.1, 0.15) is 23.7 Å². The standard InChI is InChI=1S/C45H58N8O8Si/c1-44(2,60-7)36(50-42(56)58-5)40(54)52-21-11-12-33(52)38-46-23-32(48-38)27-15-13-26(14-16-27)28-17-19-30-29(22-28)18-20-31-35(30)49-39(47-31)34-24-62(9,10)25-53(34)41(55)37(45(3,4)61-8)51-43(57)59-6/h13-20,22-23,33-34,36-37H,11-12,21,24-25H2,1-10H3,(H,46,48)(H,47,49)(H,50,56)(H,51,57)/t33-,34-,36+,37-/m1/s1. The maximum absolute atomic E-state index is 14.3. The first kappa shape index (κ1) is 44.3. The molecular formula is C45H58N8O8Si. The zero-order chi connectivity index (χ0) is 44.7. The van der Waals surface area contributed by atoms with E-state index in [1.54, 1.807) is 38.8 Å². The lowest BCUT2D eigenvalue weighted by molar-refractivity contribution is -0.142. The molecule has 4 atom stereocenters. The van der Waals surface area contributed by atoms with Gasteiger partial charge in [0, 0.05) is 32.3 Å². The van der Waals surface area contributed by atoms with Crippen LogP contribution in [0.2, 0.25) is 19.1 Å². The van der Waals surface area contributed by atoms with Crippen LogP contribution < -0.4 is 10.6 Å². The fourth-order valence-electron chi connectivity index (χ4n) is 8.70. The Morgan fingerprint density at radius 3 is 1.97 bits per heavy atom. The van der Waals surface area contributed by atoms with E-state index < -0.39 is 43.5 Å². The monoisotopic (exact) mass is 866 g/mol. The summed E-state index contributed by atoms with van der Waals surface area (Å²) < 4.78 is 20.9. The summed E-state index contributed by atoms with van der Waals surface area (Å²) in [5, 5.41) is 7.41. The molecule has 2 aliphatic rings. The van der Waals surface area contributed by atoms with Crippen molar-refractivity contribution in [2.75, 3.05) is 41.2 Å². The number of imidazole rings is 2. The van der Waals surface area contributed by atoms with Crippen molar-refractivity contribution < 1.29 is 38.1 Å². The zero-order valence-corrected chi connectivity index (χ0v) is 38.2. The average Bonchev–Trinajstić information content (AvgIpc) is 4.09. The highest BCUT2D eigenvalue weighted by molar-refractivity contribution is 6.78. The predicted molar refractivity (Wildman–Crippen MR) is 238 cm³/mol. The summed E-state index contributed by atoms with van der Waals surface area (Å²) in [6.45, 7) is 12.1. The fraction of sp³-hybridized carbons (Fsp3) is 0.467. The molecule has 2 saturated heterocycles. The number of rotatable bonds is 12. The Balaban J connectivity index is 1.10. The lowest BCUT2D eigenvalue weighted by atomic mass is 9.96. The van der Waals surface area contributed by atoms with Gasteiger partial charge in [-0.15, -0.1) is 0 Å². The van der Waals surface area contributed by atoms with Crippen LogP contribution in [0.4, 0.5) is 9.59 Å². The minimum atomic E-state index is -1.86. The van der Waals surface area contributed by atoms with Gasteiger partial charge in [0.15, 0.2) is 0 Å². The molecular weight excluding hydrogens is 809 g/mol. The van der Waals surface area contributed by atoms with Gasteiger partial charge in [0.2, 0.25) is 11.8 Å². The number of nitrogens with zero attached hydrogens (tertiary/aromatic N) is 4. The van der Waals surface area contributed by atoms with Crippen LogP contribution in [0, 0.1) is 0 Å². The van der Waals surface area contributed by atoms with Crippen LogP contribution in [0.15, 0.2) is 60.8 Å². The molecule has 5 aromatic rings. The first-order valence-electron chi connectivity index (χ1n) is 20.9. The summed E-state index contributed by atoms with van der Waals surface area (Å²) in [4.78, 5) is 73.2. The molecule has 16 nitrogen and oxygen atoms in total. The maximum atomic E-state index is 14.3. The molecule has 0 aliphatic carbocycles. The van der Waals surface area contributed by atoms with Crippen molar-refractivity contribution in [3.05, 3.63) is 72.4 Å². The van der Waals surface area contributed by atoms with Gasteiger partial charge < -0.3 is 49.3 Å². The Hall–Kier alpha value is -5.78. The third-order valence-corrected chi connectivity index (χ3v) is 15.3. The van der Waals surface area contributed by atoms with Crippen LogP contribution >= 0.6 is 0 Å². The van der Waals surface area contributed by atoms with Gasteiger partial charge in [-0.3, -0.25) is 9.59 Å². The summed E-state index contributed by atoms with van der Waals surface area (Å²) in [6, 6.07) is 17.0. The molecule has 0 saturated carbocycles. The molecule has 7 rings (SSSR count). The molecule has 3 aromatic carbocycles. The highest BCUT2D eigenvalue weighted by Gasteiger charge is 2.49. The van der Waals surface area contributed by atoms with E-state index in [2.05, 4.69) is 70.1 Å². The molecule has 2 aromatic heterocycles. The second-order valence-electron chi connectivity index (χ2n) is 18.1. The number of alkyl carbamates (subject to hydrolysis) is 2. The summed E-state index contributed by atoms with van der Waals surface area (Å²) in [5.41, 5.74) is 3.60. The number of carbonyl (C=O) groups excluding carboxylic acids is 4. The minimum Gasteiger partial charge on any atom is -0.453 e. The predicted octanol–water partition coefficient (Wildman–Crippen LogP) is 6.87. The number of amides is 4. The summed E-state index contributed by atoms with van der Waals surface area (Å²) in [5.74, 6) is 0.895. The van der Waals surface area contributed by atoms with E-state index in [0.29, 0.717) is 18.5 Å². The quantitative estimate of drug-likeness (QED) is 0.0963. The van der Waals surface area contributed by atoms with Crippen LogP contribution in [-0.4, -0.2) is 126 Å². The Bertz CT molecular complexity index is 2480. The molecule has 2 fully saturated rings. The molecule has 2 aliphatic heterocycles. The Kier molecular flexibility index (Phi) is 12.3. The van der Waals surface area contributed by atoms with E-state index in [0.717, 1.165) is 68.9 Å². The van der Waals surface area contributed by atoms with E-state index >= 15 is 0 Å². The van der Waals surface area contributed by atoms with Gasteiger partial charge in [-0.05, 0) is 80.8 Å². The Morgan fingerprint density at radius 2 is 1.35 bits per heavy atom. The van der Waals surface area contributed by atoms with Crippen molar-refractivity contribution in [2.24, 2.45) is 0 Å². The lowest BCUT2D eigenvalue weighted by Gasteiger charge is -2.36. The highest BCUT2D eigenvalue weighted by Crippen LogP contribution is 2.40. The van der Waals surface area contributed by atoms with Gasteiger partial charge >= 0.3 is 12.2 Å². The van der Waals surface area contributed by atoms with Crippen LogP contribution in [0.3, 0.4) is 0 Å². The van der Waals surface area contributed by atoms with Gasteiger partial charge in [-0.1, -0.05) is 55.6 Å². The second kappa shape index (κ2) is 17.2. The number of hydrogen-bond acceptors (Lipinski definition) is 10. The van der Waals surface area contributed by atoms with E-state index in [-0.39, 0.29) is 23.9 Å². The van der Waals surface area contributed by atoms with Crippen molar-refractivity contribution >= 4 is 53.9 Å². The summed E-state index contributed by atoms with van der Waals surface area (Å²) in [6.07, 6.45) is 2.52. The number of ether oxygens (including phenoxy) is 4. The molecule has 4 heterocycles. The number of likely N-dealkylation sites (tertiary alicyclic amines) is 1. The molecule has 0 bridgehead atoms. The van der Waals surface area contributed by atoms with Crippen molar-refractivity contribution in [1.29, 1.82) is 0 Å². The van der Waals surface area contributed by atoms with E-state index in [9.17, 15) is 19.2 Å². The number of hydrogen-bond donors (Lipinski definition) is 4. The largest absolute Gasteiger partial charge is 0.453 e. The maximum Gasteiger partial charge on any atom is 0.407 e. The number of aromatic nitrogens is 4. The number of methoxy groups -OCH3 is 4. The zero-order valence-electron chi connectivity index (χ0n) is 37.2. The topological polar surface area (TPSA) is 193 Å². The van der Waals surface area contributed by atoms with Crippen LogP contribution in [0.1, 0.15) is 64.3 Å². The normalized spacial score (nSPS) is 18.8. The highest BCUT2D eigenvalue weighted by atomic mass is 28.3. The molecule has 62 heavy (non-hydrogen) atoms. The lowest BCUT2D eigenvalue weighted by Crippen LogP contribution is -2.59. The van der Waals surface area contributed by atoms with Gasteiger partial charge in [0.25, 0.3) is 0 Å². The number of aromatic amines is 2. The number of carbonyl (C=O) groups is 4. The SMILES string of the molecule is COC(=O)N[C@H](C(=O)N1C[Si](C)(C)C[C@@H]1c1nc2c(ccc3cc(-c4ccc(-c5cnc([C@H]6CCCN6C(=O)[C@H](NC(=O)OC)C(C)(C)OC)[nH]5)cc4)ccc32)[nH]1)C(C)(C)OC. The second-order valence-corrected chi connectivity index (χ2v) is 23.1. The van der Waals surface area contributed by atoms with Gasteiger partial charge in [0.05, 0.1) is 68.5 Å². The summed E-state index contributed by atoms with van der Waals surface area (Å²) in [7, 11) is 3.71. The van der Waals surface area contributed by atoms with E-state index in [4.69, 9.17) is 28.9 Å². The van der Waals surface area contributed by atoms with E-state index in [1.807, 2.05) is 23.1 Å². The number of nitrogens with one attached hydrogen (secondary N) is 4. The smallest absolute Gasteiger partial charge is 0.407 e. The van der Waals surface area contributed by atoms with Crippen molar-refractivity contribution in [3.8, 4) is 22.4 Å². The fourth-order valence-corrected chi connectivity index (χ4v) is 11.6. The molecule has 0 unspecified atom stereocenters. The van der Waals surface area contributed by atoms with E-state index in [1.165, 1.54) is 28.4 Å². The first-order valence-corrected chi connectivity index (χ1v) is 24.3. The summed E-state index contributed by atoms with van der Waals surface area (Å²) >= 11 is 0. The number of benzene rings is 3. The number of fused-ring (bicyclic) bond motifs is 3. The minimum absolute atomic E-state index is 0.237. The van der Waals surface area contributed by atoms with Crippen LogP contribution in [-0.2, 0) is 28.5 Å². The van der Waals surface area contributed by atoms with Crippen LogP contribution in [0.5, 0.6) is 0 Å². The molecule has 330 valence electrons. The molecule has 4 N–H and O–H groups in total. The third kappa shape index (κ3) is 8.65. The molecule has 0 radical (unpaired) electrons. The Morgan fingerprint density at radius 1 is 0.758 bits per heavy atom. The van der Waals surface area contributed by atoms with Gasteiger partial charge in [-0.25, -0.2) is 19.6 Å². The molecule has 4 amide bonds. The molecule has 0 spiro atoms. The van der Waals surface area contributed by atoms with Gasteiger partial charge in [-0.2, -0.15) is 0 Å². The number of H-pyrrole nitrogens is 2. The third-order valence-electron chi connectivity index (χ3n) is 12.6. The molecule has 17 heteroatoms. The average molecular weight is 867 g/mol. The van der Waals surface area contributed by atoms with Crippen molar-refractivity contribution in [3.63, 3.8) is 0 Å². The van der Waals surface area contributed by atoms with Crippen molar-refractivity contribution in [1.82, 2.24) is 40.4 Å². The first-order chi connectivity index (χ1) is 29.4.